The van der Waals surface area contributed by atoms with Crippen molar-refractivity contribution in [3.05, 3.63) is 47.2 Å². The number of nitrogens with one attached hydrogen (secondary N) is 1. The molecule has 2 saturated heterocycles. The first kappa shape index (κ1) is 22.7. The second kappa shape index (κ2) is 8.74. The predicted octanol–water partition coefficient (Wildman–Crippen LogP) is 3.14. The van der Waals surface area contributed by atoms with E-state index in [9.17, 15) is 13.2 Å². The summed E-state index contributed by atoms with van der Waals surface area (Å²) in [6.45, 7) is 4.29. The SMILES string of the molecule is Cc1nn([C@H]2CCS(=O)(=O)C2)c2nc(C3CC3)cc(C(=O)NC[C@H](c3ccco3)N3CCCC3)c12. The molecule has 1 amide bonds. The van der Waals surface area contributed by atoms with Gasteiger partial charge in [-0.15, -0.1) is 0 Å². The van der Waals surface area contributed by atoms with Crippen molar-refractivity contribution in [2.24, 2.45) is 0 Å². The summed E-state index contributed by atoms with van der Waals surface area (Å²) < 4.78 is 31.7. The quantitative estimate of drug-likeness (QED) is 0.534. The number of aryl methyl sites for hydroxylation is 1. The third-order valence-corrected chi connectivity index (χ3v) is 9.31. The highest BCUT2D eigenvalue weighted by molar-refractivity contribution is 7.91. The van der Waals surface area contributed by atoms with Crippen molar-refractivity contribution in [1.82, 2.24) is 25.0 Å². The molecule has 0 radical (unpaired) electrons. The second-order valence-electron chi connectivity index (χ2n) is 10.1. The van der Waals surface area contributed by atoms with Crippen molar-refractivity contribution in [3.63, 3.8) is 0 Å². The van der Waals surface area contributed by atoms with E-state index < -0.39 is 9.84 Å². The molecule has 0 unspecified atom stereocenters. The van der Waals surface area contributed by atoms with Gasteiger partial charge in [0.05, 0.1) is 46.5 Å². The molecule has 6 rings (SSSR count). The number of carbonyl (C=O) groups excluding carboxylic acids is 1. The Labute approximate surface area is 204 Å². The highest BCUT2D eigenvalue weighted by Crippen LogP contribution is 2.41. The number of nitrogens with zero attached hydrogens (tertiary/aromatic N) is 4. The molecule has 2 atom stereocenters. The minimum absolute atomic E-state index is 0.0100. The highest BCUT2D eigenvalue weighted by atomic mass is 32.2. The predicted molar refractivity (Wildman–Crippen MR) is 131 cm³/mol. The molecular weight excluding hydrogens is 466 g/mol. The van der Waals surface area contributed by atoms with Gasteiger partial charge in [0.2, 0.25) is 0 Å². The van der Waals surface area contributed by atoms with Gasteiger partial charge in [-0.1, -0.05) is 0 Å². The molecule has 2 aliphatic heterocycles. The average molecular weight is 498 g/mol. The van der Waals surface area contributed by atoms with Crippen LogP contribution in [0, 0.1) is 6.92 Å². The van der Waals surface area contributed by atoms with Crippen molar-refractivity contribution in [1.29, 1.82) is 0 Å². The summed E-state index contributed by atoms with van der Waals surface area (Å²) in [6.07, 6.45) is 6.61. The number of aromatic nitrogens is 3. The molecule has 1 aliphatic carbocycles. The zero-order valence-corrected chi connectivity index (χ0v) is 20.8. The molecular formula is C25H31N5O4S. The lowest BCUT2D eigenvalue weighted by Gasteiger charge is -2.26. The van der Waals surface area contributed by atoms with E-state index in [0.717, 1.165) is 50.2 Å². The molecule has 9 nitrogen and oxygen atoms in total. The van der Waals surface area contributed by atoms with Gasteiger partial charge < -0.3 is 9.73 Å². The van der Waals surface area contributed by atoms with Gasteiger partial charge in [0.25, 0.3) is 5.91 Å². The second-order valence-corrected chi connectivity index (χ2v) is 12.4. The molecule has 0 spiro atoms. The van der Waals surface area contributed by atoms with Crippen LogP contribution in [-0.2, 0) is 9.84 Å². The van der Waals surface area contributed by atoms with E-state index >= 15 is 0 Å². The van der Waals surface area contributed by atoms with Crippen LogP contribution >= 0.6 is 0 Å². The molecule has 0 aromatic carbocycles. The minimum Gasteiger partial charge on any atom is -0.468 e. The molecule has 0 bridgehead atoms. The monoisotopic (exact) mass is 497 g/mol. The van der Waals surface area contributed by atoms with Crippen molar-refractivity contribution >= 4 is 26.8 Å². The third-order valence-electron chi connectivity index (χ3n) is 7.56. The summed E-state index contributed by atoms with van der Waals surface area (Å²) in [6, 6.07) is 5.51. The number of amides is 1. The third kappa shape index (κ3) is 4.38. The smallest absolute Gasteiger partial charge is 0.252 e. The van der Waals surface area contributed by atoms with E-state index in [4.69, 9.17) is 9.40 Å². The van der Waals surface area contributed by atoms with Crippen LogP contribution in [0.4, 0.5) is 0 Å². The van der Waals surface area contributed by atoms with Gasteiger partial charge in [-0.05, 0) is 70.3 Å². The van der Waals surface area contributed by atoms with E-state index in [1.807, 2.05) is 25.1 Å². The van der Waals surface area contributed by atoms with E-state index in [2.05, 4.69) is 15.3 Å². The van der Waals surface area contributed by atoms with Crippen molar-refractivity contribution < 1.29 is 17.6 Å². The Balaban J connectivity index is 1.33. The number of hydrogen-bond donors (Lipinski definition) is 1. The van der Waals surface area contributed by atoms with Crippen LogP contribution in [0.1, 0.15) is 77.6 Å². The summed E-state index contributed by atoms with van der Waals surface area (Å²) in [5, 5.41) is 8.56. The maximum Gasteiger partial charge on any atom is 0.252 e. The van der Waals surface area contributed by atoms with Gasteiger partial charge in [0, 0.05) is 18.2 Å². The van der Waals surface area contributed by atoms with Crippen LogP contribution in [-0.4, -0.2) is 65.1 Å². The van der Waals surface area contributed by atoms with E-state index in [1.165, 1.54) is 0 Å². The number of likely N-dealkylation sites (tertiary alicyclic amines) is 1. The summed E-state index contributed by atoms with van der Waals surface area (Å²) in [5.74, 6) is 1.29. The van der Waals surface area contributed by atoms with Crippen molar-refractivity contribution in [2.45, 2.75) is 57.0 Å². The summed E-state index contributed by atoms with van der Waals surface area (Å²) in [4.78, 5) is 20.9. The van der Waals surface area contributed by atoms with Crippen molar-refractivity contribution in [2.75, 3.05) is 31.1 Å². The Hall–Kier alpha value is -2.72. The summed E-state index contributed by atoms with van der Waals surface area (Å²) in [7, 11) is -3.07. The number of pyridine rings is 1. The fourth-order valence-electron chi connectivity index (χ4n) is 5.55. The molecule has 3 aromatic heterocycles. The average Bonchev–Trinajstić information content (AvgIpc) is 3.22. The van der Waals surface area contributed by atoms with E-state index in [0.29, 0.717) is 41.2 Å². The first-order chi connectivity index (χ1) is 16.9. The number of sulfone groups is 1. The molecule has 3 aromatic rings. The Bertz CT molecular complexity index is 1350. The van der Waals surface area contributed by atoms with Gasteiger partial charge >= 0.3 is 0 Å². The molecule has 1 saturated carbocycles. The van der Waals surface area contributed by atoms with Gasteiger partial charge in [-0.3, -0.25) is 9.69 Å². The number of carbonyl (C=O) groups is 1. The number of hydrogen-bond acceptors (Lipinski definition) is 7. The van der Waals surface area contributed by atoms with Crippen LogP contribution in [0.25, 0.3) is 11.0 Å². The van der Waals surface area contributed by atoms with Crippen LogP contribution in [0.15, 0.2) is 28.9 Å². The standard InChI is InChI=1S/C25H31N5O4S/c1-16-23-19(25(31)26-14-21(22-5-4-11-34-22)29-9-2-3-10-29)13-20(17-6-7-17)27-24(23)30(28-16)18-8-12-35(32,33)15-18/h4-5,11,13,17-18,21H,2-3,6-10,12,14-15H2,1H3,(H,26,31)/t18-,21+/m0/s1. The molecule has 10 heteroatoms. The first-order valence-corrected chi connectivity index (χ1v) is 14.4. The maximum atomic E-state index is 13.6. The van der Waals surface area contributed by atoms with Crippen LogP contribution < -0.4 is 5.32 Å². The minimum atomic E-state index is -3.07. The Morgan fingerprint density at radius 2 is 2.06 bits per heavy atom. The molecule has 186 valence electrons. The Morgan fingerprint density at radius 1 is 1.26 bits per heavy atom. The fraction of sp³-hybridized carbons (Fsp3) is 0.560. The Kier molecular flexibility index (Phi) is 5.68. The lowest BCUT2D eigenvalue weighted by molar-refractivity contribution is 0.0935. The Morgan fingerprint density at radius 3 is 2.71 bits per heavy atom. The van der Waals surface area contributed by atoms with Crippen LogP contribution in [0.5, 0.6) is 0 Å². The fourth-order valence-corrected chi connectivity index (χ4v) is 7.24. The maximum absolute atomic E-state index is 13.6. The van der Waals surface area contributed by atoms with Gasteiger partial charge in [-0.2, -0.15) is 5.10 Å². The first-order valence-electron chi connectivity index (χ1n) is 12.6. The van der Waals surface area contributed by atoms with Gasteiger partial charge in [-0.25, -0.2) is 18.1 Å². The lowest BCUT2D eigenvalue weighted by atomic mass is 10.1. The zero-order valence-electron chi connectivity index (χ0n) is 19.9. The molecule has 3 aliphatic rings. The van der Waals surface area contributed by atoms with Gasteiger partial charge in [0.1, 0.15) is 5.76 Å². The van der Waals surface area contributed by atoms with Gasteiger partial charge in [0.15, 0.2) is 15.5 Å². The molecule has 35 heavy (non-hydrogen) atoms. The van der Waals surface area contributed by atoms with Crippen molar-refractivity contribution in [3.8, 4) is 0 Å². The lowest BCUT2D eigenvalue weighted by Crippen LogP contribution is -2.36. The molecule has 1 N–H and O–H groups in total. The van der Waals surface area contributed by atoms with E-state index in [-0.39, 0.29) is 29.5 Å². The largest absolute Gasteiger partial charge is 0.468 e. The van der Waals surface area contributed by atoms with E-state index in [1.54, 1.807) is 10.9 Å². The number of rotatable bonds is 7. The molecule has 3 fully saturated rings. The summed E-state index contributed by atoms with van der Waals surface area (Å²) in [5.41, 5.74) is 2.79. The zero-order chi connectivity index (χ0) is 24.2. The van der Waals surface area contributed by atoms with Crippen LogP contribution in [0.2, 0.25) is 0 Å². The number of furan rings is 1. The highest BCUT2D eigenvalue weighted by Gasteiger charge is 2.34. The topological polar surface area (TPSA) is 110 Å². The summed E-state index contributed by atoms with van der Waals surface area (Å²) >= 11 is 0. The molecule has 5 heterocycles. The van der Waals surface area contributed by atoms with Crippen LogP contribution in [0.3, 0.4) is 0 Å². The number of fused-ring (bicyclic) bond motifs is 1. The normalized spacial score (nSPS) is 23.2.